The van der Waals surface area contributed by atoms with Gasteiger partial charge in [0, 0.05) is 19.0 Å². The number of rotatable bonds is 18. The molecule has 1 heterocycles. The van der Waals surface area contributed by atoms with E-state index in [9.17, 15) is 9.59 Å². The first-order valence-electron chi connectivity index (χ1n) is 13.7. The van der Waals surface area contributed by atoms with Crippen LogP contribution in [0.3, 0.4) is 0 Å². The number of carbonyl (C=O) groups excluding carboxylic acids is 2. The zero-order valence-corrected chi connectivity index (χ0v) is 23.5. The number of furan rings is 1. The van der Waals surface area contributed by atoms with Crippen LogP contribution in [0, 0.1) is 0 Å². The lowest BCUT2D eigenvalue weighted by atomic mass is 10.1. The van der Waals surface area contributed by atoms with Gasteiger partial charge in [0.05, 0.1) is 27.0 Å². The van der Waals surface area contributed by atoms with Gasteiger partial charge in [-0.2, -0.15) is 0 Å². The number of hydrogen-bond donors (Lipinski definition) is 0. The summed E-state index contributed by atoms with van der Waals surface area (Å²) in [6.45, 7) is 7.21. The van der Waals surface area contributed by atoms with Crippen molar-refractivity contribution < 1.29 is 23.5 Å². The summed E-state index contributed by atoms with van der Waals surface area (Å²) in [4.78, 5) is 30.2. The molecule has 1 aromatic carbocycles. The van der Waals surface area contributed by atoms with Crippen molar-refractivity contribution in [3.05, 3.63) is 47.9 Å². The largest absolute Gasteiger partial charge is 0.493 e. The molecule has 2 rings (SSSR count). The average molecular weight is 515 g/mol. The van der Waals surface area contributed by atoms with Crippen LogP contribution in [0.15, 0.2) is 41.0 Å². The van der Waals surface area contributed by atoms with Gasteiger partial charge < -0.3 is 23.7 Å². The molecule has 37 heavy (non-hydrogen) atoms. The van der Waals surface area contributed by atoms with E-state index in [-0.39, 0.29) is 24.4 Å². The maximum atomic E-state index is 13.5. The Bertz CT molecular complexity index is 928. The van der Waals surface area contributed by atoms with Crippen LogP contribution in [0.1, 0.15) is 83.5 Å². The summed E-state index contributed by atoms with van der Waals surface area (Å²) in [6, 6.07) is 9.48. The standard InChI is InChI=1S/C30H46N2O5/c1-6-8-9-10-11-12-15-29(33)32(24(3)7-2)23-30(34)31(22-26-14-13-20-37-26)19-18-25-16-17-27(35-4)28(21-25)36-5/h13-14,16-17,20-21,24H,6-12,15,18-19,22-23H2,1-5H3/t24-/m1/s1. The number of ether oxygens (including phenoxy) is 2. The minimum absolute atomic E-state index is 0.00727. The predicted octanol–water partition coefficient (Wildman–Crippen LogP) is 6.25. The highest BCUT2D eigenvalue weighted by Crippen LogP contribution is 2.28. The summed E-state index contributed by atoms with van der Waals surface area (Å²) in [5.74, 6) is 2.04. The van der Waals surface area contributed by atoms with E-state index in [2.05, 4.69) is 13.8 Å². The number of amides is 2. The van der Waals surface area contributed by atoms with Crippen molar-refractivity contribution in [3.8, 4) is 11.5 Å². The summed E-state index contributed by atoms with van der Waals surface area (Å²) < 4.78 is 16.3. The van der Waals surface area contributed by atoms with E-state index in [1.807, 2.05) is 37.3 Å². The summed E-state index contributed by atoms with van der Waals surface area (Å²) in [5, 5.41) is 0. The fourth-order valence-electron chi connectivity index (χ4n) is 4.34. The molecule has 0 spiro atoms. The van der Waals surface area contributed by atoms with Crippen LogP contribution in [0.2, 0.25) is 0 Å². The molecular formula is C30H46N2O5. The lowest BCUT2D eigenvalue weighted by Gasteiger charge is -2.31. The molecule has 0 saturated carbocycles. The summed E-state index contributed by atoms with van der Waals surface area (Å²) in [7, 11) is 3.22. The number of methoxy groups -OCH3 is 2. The SMILES string of the molecule is CCCCCCCCC(=O)N(CC(=O)N(CCc1ccc(OC)c(OC)c1)Cc1ccco1)[C@H](C)CC. The maximum absolute atomic E-state index is 13.5. The van der Waals surface area contributed by atoms with Crippen LogP contribution in [0.25, 0.3) is 0 Å². The van der Waals surface area contributed by atoms with Gasteiger partial charge in [0.1, 0.15) is 12.3 Å². The fraction of sp³-hybridized carbons (Fsp3) is 0.600. The quantitative estimate of drug-likeness (QED) is 0.220. The monoisotopic (exact) mass is 514 g/mol. The topological polar surface area (TPSA) is 72.2 Å². The van der Waals surface area contributed by atoms with Crippen molar-refractivity contribution in [1.82, 2.24) is 9.80 Å². The molecule has 1 atom stereocenters. The molecule has 0 unspecified atom stereocenters. The Balaban J connectivity index is 2.07. The van der Waals surface area contributed by atoms with Crippen LogP contribution in [0.4, 0.5) is 0 Å². The molecule has 7 heteroatoms. The number of benzene rings is 1. The third-order valence-electron chi connectivity index (χ3n) is 6.89. The van der Waals surface area contributed by atoms with Crippen LogP contribution < -0.4 is 9.47 Å². The molecule has 2 amide bonds. The van der Waals surface area contributed by atoms with Crippen molar-refractivity contribution in [2.75, 3.05) is 27.3 Å². The Hall–Kier alpha value is -2.96. The molecule has 0 N–H and O–H groups in total. The highest BCUT2D eigenvalue weighted by molar-refractivity contribution is 5.85. The molecule has 206 valence electrons. The Kier molecular flexibility index (Phi) is 13.7. The van der Waals surface area contributed by atoms with Gasteiger partial charge in [0.2, 0.25) is 11.8 Å². The maximum Gasteiger partial charge on any atom is 0.242 e. The van der Waals surface area contributed by atoms with Crippen LogP contribution in [0.5, 0.6) is 11.5 Å². The first-order valence-corrected chi connectivity index (χ1v) is 13.7. The van der Waals surface area contributed by atoms with Crippen molar-refractivity contribution in [1.29, 1.82) is 0 Å². The zero-order chi connectivity index (χ0) is 27.0. The van der Waals surface area contributed by atoms with Gasteiger partial charge in [-0.1, -0.05) is 52.0 Å². The summed E-state index contributed by atoms with van der Waals surface area (Å²) in [6.07, 6.45) is 10.3. The Morgan fingerprint density at radius 1 is 0.946 bits per heavy atom. The minimum atomic E-state index is -0.0755. The highest BCUT2D eigenvalue weighted by Gasteiger charge is 2.25. The van der Waals surface area contributed by atoms with E-state index in [0.29, 0.717) is 43.2 Å². The van der Waals surface area contributed by atoms with Gasteiger partial charge in [-0.05, 0) is 56.0 Å². The van der Waals surface area contributed by atoms with Gasteiger partial charge in [-0.25, -0.2) is 0 Å². The lowest BCUT2D eigenvalue weighted by molar-refractivity contribution is -0.142. The van der Waals surface area contributed by atoms with Gasteiger partial charge in [0.25, 0.3) is 0 Å². The molecule has 0 aliphatic heterocycles. The van der Waals surface area contributed by atoms with Gasteiger partial charge in [0.15, 0.2) is 11.5 Å². The molecule has 2 aromatic rings. The van der Waals surface area contributed by atoms with E-state index in [1.165, 1.54) is 19.3 Å². The normalized spacial score (nSPS) is 11.7. The van der Waals surface area contributed by atoms with E-state index >= 15 is 0 Å². The first-order chi connectivity index (χ1) is 17.9. The number of nitrogens with zero attached hydrogens (tertiary/aromatic N) is 2. The molecule has 0 aliphatic carbocycles. The molecule has 1 aromatic heterocycles. The molecule has 0 radical (unpaired) electrons. The first kappa shape index (κ1) is 30.3. The highest BCUT2D eigenvalue weighted by atomic mass is 16.5. The van der Waals surface area contributed by atoms with E-state index < -0.39 is 0 Å². The third kappa shape index (κ3) is 10.1. The van der Waals surface area contributed by atoms with Crippen molar-refractivity contribution in [2.45, 2.75) is 91.1 Å². The van der Waals surface area contributed by atoms with Gasteiger partial charge in [-0.15, -0.1) is 0 Å². The summed E-state index contributed by atoms with van der Waals surface area (Å²) >= 11 is 0. The Morgan fingerprint density at radius 2 is 1.68 bits per heavy atom. The van der Waals surface area contributed by atoms with Crippen LogP contribution >= 0.6 is 0 Å². The Morgan fingerprint density at radius 3 is 2.32 bits per heavy atom. The van der Waals surface area contributed by atoms with Crippen molar-refractivity contribution in [2.24, 2.45) is 0 Å². The van der Waals surface area contributed by atoms with E-state index in [4.69, 9.17) is 13.9 Å². The van der Waals surface area contributed by atoms with E-state index in [1.54, 1.807) is 30.3 Å². The molecular weight excluding hydrogens is 468 g/mol. The number of unbranched alkanes of at least 4 members (excludes halogenated alkanes) is 5. The second-order valence-corrected chi connectivity index (χ2v) is 9.63. The molecule has 0 bridgehead atoms. The minimum Gasteiger partial charge on any atom is -0.493 e. The van der Waals surface area contributed by atoms with Crippen LogP contribution in [-0.2, 0) is 22.6 Å². The molecule has 0 fully saturated rings. The predicted molar refractivity (Wildman–Crippen MR) is 147 cm³/mol. The van der Waals surface area contributed by atoms with Crippen LogP contribution in [-0.4, -0.2) is 55.0 Å². The van der Waals surface area contributed by atoms with Crippen molar-refractivity contribution >= 4 is 11.8 Å². The second kappa shape index (κ2) is 16.7. The smallest absolute Gasteiger partial charge is 0.242 e. The van der Waals surface area contributed by atoms with Crippen molar-refractivity contribution in [3.63, 3.8) is 0 Å². The van der Waals surface area contributed by atoms with Gasteiger partial charge in [-0.3, -0.25) is 9.59 Å². The number of hydrogen-bond acceptors (Lipinski definition) is 5. The second-order valence-electron chi connectivity index (χ2n) is 9.63. The fourth-order valence-corrected chi connectivity index (χ4v) is 4.34. The Labute approximate surface area is 223 Å². The third-order valence-corrected chi connectivity index (χ3v) is 6.89. The summed E-state index contributed by atoms with van der Waals surface area (Å²) in [5.41, 5.74) is 1.04. The molecule has 0 saturated heterocycles. The molecule has 7 nitrogen and oxygen atoms in total. The zero-order valence-electron chi connectivity index (χ0n) is 23.5. The lowest BCUT2D eigenvalue weighted by Crippen LogP contribution is -2.46. The molecule has 0 aliphatic rings. The van der Waals surface area contributed by atoms with E-state index in [0.717, 1.165) is 31.2 Å². The van der Waals surface area contributed by atoms with Gasteiger partial charge >= 0.3 is 0 Å². The average Bonchev–Trinajstić information content (AvgIpc) is 3.43. The number of carbonyl (C=O) groups is 2.